The van der Waals surface area contributed by atoms with Gasteiger partial charge in [0.2, 0.25) is 0 Å². The zero-order valence-electron chi connectivity index (χ0n) is 11.0. The topological polar surface area (TPSA) is 41.1 Å². The lowest BCUT2D eigenvalue weighted by Crippen LogP contribution is -2.33. The highest BCUT2D eigenvalue weighted by Gasteiger charge is 2.16. The fourth-order valence-corrected chi connectivity index (χ4v) is 2.59. The number of hydrogen-bond donors (Lipinski definition) is 2. The first kappa shape index (κ1) is 15.2. The fourth-order valence-electron chi connectivity index (χ4n) is 2.35. The van der Waals surface area contributed by atoms with E-state index in [4.69, 9.17) is 11.6 Å². The van der Waals surface area contributed by atoms with Crippen molar-refractivity contribution in [3.05, 3.63) is 34.4 Å². The molecule has 1 aromatic carbocycles. The zero-order chi connectivity index (χ0) is 14.5. The normalized spacial score (nSPS) is 18.9. The molecule has 0 radical (unpaired) electrons. The Labute approximate surface area is 121 Å². The fraction of sp³-hybridized carbons (Fsp3) is 0.500. The summed E-state index contributed by atoms with van der Waals surface area (Å²) in [5.41, 5.74) is -0.0349. The van der Waals surface area contributed by atoms with Crippen LogP contribution in [0.2, 0.25) is 5.02 Å². The van der Waals surface area contributed by atoms with Crippen LogP contribution in [0, 0.1) is 17.6 Å². The van der Waals surface area contributed by atoms with Gasteiger partial charge in [0.1, 0.15) is 0 Å². The summed E-state index contributed by atoms with van der Waals surface area (Å²) in [6.07, 6.45) is 3.16. The average molecular weight is 303 g/mol. The highest BCUT2D eigenvalue weighted by atomic mass is 35.5. The summed E-state index contributed by atoms with van der Waals surface area (Å²) in [5, 5.41) is 5.91. The van der Waals surface area contributed by atoms with Crippen LogP contribution in [-0.2, 0) is 0 Å². The lowest BCUT2D eigenvalue weighted by molar-refractivity contribution is 0.0950. The largest absolute Gasteiger partial charge is 0.352 e. The van der Waals surface area contributed by atoms with Gasteiger partial charge in [0, 0.05) is 6.54 Å². The molecule has 2 rings (SSSR count). The first-order valence-electron chi connectivity index (χ1n) is 6.71. The molecular formula is C14H17ClF2N2O. The summed E-state index contributed by atoms with van der Waals surface area (Å²) in [6, 6.07) is 1.64. The summed E-state index contributed by atoms with van der Waals surface area (Å²) >= 11 is 5.75. The second-order valence-corrected chi connectivity index (χ2v) is 5.41. The van der Waals surface area contributed by atoms with Gasteiger partial charge < -0.3 is 10.6 Å². The Morgan fingerprint density at radius 3 is 2.85 bits per heavy atom. The predicted molar refractivity (Wildman–Crippen MR) is 73.9 cm³/mol. The van der Waals surface area contributed by atoms with Crippen LogP contribution in [0.25, 0.3) is 0 Å². The van der Waals surface area contributed by atoms with Gasteiger partial charge in [-0.05, 0) is 50.4 Å². The van der Waals surface area contributed by atoms with Crippen molar-refractivity contribution >= 4 is 17.5 Å². The van der Waals surface area contributed by atoms with Crippen LogP contribution in [0.3, 0.4) is 0 Å². The third kappa shape index (κ3) is 3.90. The van der Waals surface area contributed by atoms with Gasteiger partial charge in [0.15, 0.2) is 11.6 Å². The standard InChI is InChI=1S/C14H17ClF2N2O/c15-11-7-13(17)12(16)6-10(11)14(20)19-5-3-9-2-1-4-18-8-9/h6-7,9,18H,1-5,8H2,(H,19,20)/t9-/m0/s1. The van der Waals surface area contributed by atoms with Gasteiger partial charge in [-0.1, -0.05) is 11.6 Å². The Hall–Kier alpha value is -1.20. The smallest absolute Gasteiger partial charge is 0.252 e. The van der Waals surface area contributed by atoms with Crippen molar-refractivity contribution in [2.75, 3.05) is 19.6 Å². The van der Waals surface area contributed by atoms with Gasteiger partial charge >= 0.3 is 0 Å². The number of benzene rings is 1. The molecule has 0 saturated carbocycles. The molecule has 20 heavy (non-hydrogen) atoms. The van der Waals surface area contributed by atoms with Crippen molar-refractivity contribution in [3.63, 3.8) is 0 Å². The van der Waals surface area contributed by atoms with Crippen LogP contribution in [-0.4, -0.2) is 25.5 Å². The number of carbonyl (C=O) groups is 1. The van der Waals surface area contributed by atoms with E-state index in [1.165, 1.54) is 0 Å². The second-order valence-electron chi connectivity index (χ2n) is 5.00. The Morgan fingerprint density at radius 2 is 2.15 bits per heavy atom. The number of nitrogens with one attached hydrogen (secondary N) is 2. The van der Waals surface area contributed by atoms with Crippen LogP contribution in [0.1, 0.15) is 29.6 Å². The van der Waals surface area contributed by atoms with E-state index in [-0.39, 0.29) is 10.6 Å². The molecule has 1 aliphatic heterocycles. The molecule has 1 atom stereocenters. The van der Waals surface area contributed by atoms with E-state index in [0.29, 0.717) is 12.5 Å². The van der Waals surface area contributed by atoms with Crippen LogP contribution in [0.5, 0.6) is 0 Å². The predicted octanol–water partition coefficient (Wildman–Crippen LogP) is 2.74. The van der Waals surface area contributed by atoms with Gasteiger partial charge in [-0.25, -0.2) is 8.78 Å². The molecule has 0 unspecified atom stereocenters. The first-order chi connectivity index (χ1) is 9.58. The molecular weight excluding hydrogens is 286 g/mol. The average Bonchev–Trinajstić information content (AvgIpc) is 2.44. The third-order valence-electron chi connectivity index (χ3n) is 3.49. The molecule has 1 aromatic rings. The number of amides is 1. The van der Waals surface area contributed by atoms with Crippen molar-refractivity contribution in [2.45, 2.75) is 19.3 Å². The molecule has 110 valence electrons. The van der Waals surface area contributed by atoms with Gasteiger partial charge in [-0.15, -0.1) is 0 Å². The lowest BCUT2D eigenvalue weighted by atomic mass is 9.96. The SMILES string of the molecule is O=C(NCC[C@@H]1CCCNC1)c1cc(F)c(F)cc1Cl. The van der Waals surface area contributed by atoms with Crippen molar-refractivity contribution in [1.29, 1.82) is 0 Å². The van der Waals surface area contributed by atoms with E-state index < -0.39 is 17.5 Å². The number of carbonyl (C=O) groups excluding carboxylic acids is 1. The van der Waals surface area contributed by atoms with Gasteiger partial charge in [0.05, 0.1) is 10.6 Å². The molecule has 3 nitrogen and oxygen atoms in total. The minimum absolute atomic E-state index is 0.0349. The maximum atomic E-state index is 13.1. The minimum atomic E-state index is -1.07. The molecule has 2 N–H and O–H groups in total. The van der Waals surface area contributed by atoms with E-state index >= 15 is 0 Å². The highest BCUT2D eigenvalue weighted by Crippen LogP contribution is 2.20. The van der Waals surface area contributed by atoms with E-state index in [9.17, 15) is 13.6 Å². The van der Waals surface area contributed by atoms with Gasteiger partial charge in [-0.2, -0.15) is 0 Å². The molecule has 6 heteroatoms. The molecule has 1 aliphatic rings. The number of rotatable bonds is 4. The third-order valence-corrected chi connectivity index (χ3v) is 3.80. The summed E-state index contributed by atoms with van der Waals surface area (Å²) in [4.78, 5) is 11.9. The molecule has 0 spiro atoms. The summed E-state index contributed by atoms with van der Waals surface area (Å²) in [6.45, 7) is 2.51. The van der Waals surface area contributed by atoms with Crippen molar-refractivity contribution in [3.8, 4) is 0 Å². The van der Waals surface area contributed by atoms with Crippen molar-refractivity contribution < 1.29 is 13.6 Å². The monoisotopic (exact) mass is 302 g/mol. The first-order valence-corrected chi connectivity index (χ1v) is 7.09. The molecule has 1 saturated heterocycles. The Bertz CT molecular complexity index is 490. The molecule has 1 fully saturated rings. The quantitative estimate of drug-likeness (QED) is 0.840. The highest BCUT2D eigenvalue weighted by molar-refractivity contribution is 6.33. The van der Waals surface area contributed by atoms with E-state index in [2.05, 4.69) is 10.6 Å². The Kier molecular flexibility index (Phi) is 5.31. The van der Waals surface area contributed by atoms with Crippen LogP contribution < -0.4 is 10.6 Å². The van der Waals surface area contributed by atoms with Crippen molar-refractivity contribution in [2.24, 2.45) is 5.92 Å². The van der Waals surface area contributed by atoms with Gasteiger partial charge in [-0.3, -0.25) is 4.79 Å². The van der Waals surface area contributed by atoms with Gasteiger partial charge in [0.25, 0.3) is 5.91 Å². The minimum Gasteiger partial charge on any atom is -0.352 e. The maximum Gasteiger partial charge on any atom is 0.252 e. The number of halogens is 3. The summed E-state index contributed by atoms with van der Waals surface area (Å²) in [7, 11) is 0. The summed E-state index contributed by atoms with van der Waals surface area (Å²) < 4.78 is 26.0. The number of piperidine rings is 1. The summed E-state index contributed by atoms with van der Waals surface area (Å²) in [5.74, 6) is -2.06. The number of hydrogen-bond acceptors (Lipinski definition) is 2. The maximum absolute atomic E-state index is 13.1. The van der Waals surface area contributed by atoms with Crippen LogP contribution in [0.15, 0.2) is 12.1 Å². The van der Waals surface area contributed by atoms with Crippen LogP contribution in [0.4, 0.5) is 8.78 Å². The zero-order valence-corrected chi connectivity index (χ0v) is 11.8. The van der Waals surface area contributed by atoms with E-state index in [1.807, 2.05) is 0 Å². The van der Waals surface area contributed by atoms with E-state index in [1.54, 1.807) is 0 Å². The van der Waals surface area contributed by atoms with Crippen LogP contribution >= 0.6 is 11.6 Å². The molecule has 0 bridgehead atoms. The Balaban J connectivity index is 1.87. The second kappa shape index (κ2) is 6.99. The van der Waals surface area contributed by atoms with E-state index in [0.717, 1.165) is 44.5 Å². The van der Waals surface area contributed by atoms with Crippen molar-refractivity contribution in [1.82, 2.24) is 10.6 Å². The molecule has 1 heterocycles. The lowest BCUT2D eigenvalue weighted by Gasteiger charge is -2.22. The molecule has 1 amide bonds. The molecule has 0 aromatic heterocycles. The molecule has 0 aliphatic carbocycles. The Morgan fingerprint density at radius 1 is 1.40 bits per heavy atom.